The van der Waals surface area contributed by atoms with Crippen LogP contribution in [-0.2, 0) is 11.3 Å². The van der Waals surface area contributed by atoms with Crippen LogP contribution in [-0.4, -0.2) is 37.2 Å². The minimum Gasteiger partial charge on any atom is -0.497 e. The zero-order chi connectivity index (χ0) is 20.5. The lowest BCUT2D eigenvalue weighted by Gasteiger charge is -2.16. The third-order valence-electron chi connectivity index (χ3n) is 3.92. The third-order valence-corrected chi connectivity index (χ3v) is 5.24. The van der Waals surface area contributed by atoms with Gasteiger partial charge in [-0.15, -0.1) is 11.3 Å². The van der Waals surface area contributed by atoms with Crippen LogP contribution in [0, 0.1) is 6.92 Å². The molecule has 0 amide bonds. The highest BCUT2D eigenvalue weighted by molar-refractivity contribution is 7.13. The molecule has 2 aromatic rings. The van der Waals surface area contributed by atoms with Crippen molar-refractivity contribution in [2.45, 2.75) is 40.3 Å². The topological polar surface area (TPSA) is 84.8 Å². The van der Waals surface area contributed by atoms with E-state index < -0.39 is 0 Å². The molecule has 0 aliphatic carbocycles. The number of carbonyl (C=O) groups excluding carboxylic acids is 1. The van der Waals surface area contributed by atoms with Crippen LogP contribution in [0.3, 0.4) is 0 Å². The molecule has 1 aromatic carbocycles. The minimum absolute atomic E-state index is 0.0967. The molecule has 0 aliphatic rings. The van der Waals surface area contributed by atoms with Gasteiger partial charge >= 0.3 is 5.97 Å². The van der Waals surface area contributed by atoms with Gasteiger partial charge in [0.1, 0.15) is 15.6 Å². The Bertz CT molecular complexity index is 802. The van der Waals surface area contributed by atoms with Crippen LogP contribution in [0.15, 0.2) is 29.3 Å². The Morgan fingerprint density at radius 3 is 2.61 bits per heavy atom. The van der Waals surface area contributed by atoms with Crippen molar-refractivity contribution >= 4 is 23.3 Å². The average Bonchev–Trinajstić information content (AvgIpc) is 3.09. The molecule has 2 N–H and O–H groups in total. The van der Waals surface area contributed by atoms with Crippen LogP contribution in [0.5, 0.6) is 5.75 Å². The van der Waals surface area contributed by atoms with E-state index in [1.54, 1.807) is 14.0 Å². The highest BCUT2D eigenvalue weighted by Crippen LogP contribution is 2.24. The Morgan fingerprint density at radius 2 is 2.00 bits per heavy atom. The number of methoxy groups -OCH3 is 1. The summed E-state index contributed by atoms with van der Waals surface area (Å²) in [6.07, 6.45) is 0. The number of thiazole rings is 1. The maximum Gasteiger partial charge on any atom is 0.350 e. The SMILES string of the molecule is CCNC(=NCc1ccc(OC)cc1)NC(C)c1nc(C)c(C(=O)OCC)s1. The summed E-state index contributed by atoms with van der Waals surface area (Å²) in [5.41, 5.74) is 1.77. The summed E-state index contributed by atoms with van der Waals surface area (Å²) < 4.78 is 10.3. The number of hydrogen-bond donors (Lipinski definition) is 2. The highest BCUT2D eigenvalue weighted by Gasteiger charge is 2.20. The molecule has 0 bridgehead atoms. The molecule has 1 unspecified atom stereocenters. The fourth-order valence-electron chi connectivity index (χ4n) is 2.48. The lowest BCUT2D eigenvalue weighted by atomic mass is 10.2. The van der Waals surface area contributed by atoms with E-state index in [0.717, 1.165) is 22.9 Å². The van der Waals surface area contributed by atoms with Crippen molar-refractivity contribution in [1.29, 1.82) is 0 Å². The van der Waals surface area contributed by atoms with Gasteiger partial charge in [0.15, 0.2) is 5.96 Å². The first-order chi connectivity index (χ1) is 13.5. The number of carbonyl (C=O) groups is 1. The van der Waals surface area contributed by atoms with Crippen molar-refractivity contribution in [3.63, 3.8) is 0 Å². The Labute approximate surface area is 170 Å². The second kappa shape index (κ2) is 10.7. The van der Waals surface area contributed by atoms with Crippen LogP contribution in [0.1, 0.15) is 52.7 Å². The zero-order valence-corrected chi connectivity index (χ0v) is 17.9. The molecular formula is C20H28N4O3S. The molecule has 152 valence electrons. The summed E-state index contributed by atoms with van der Waals surface area (Å²) in [7, 11) is 1.65. The van der Waals surface area contributed by atoms with Gasteiger partial charge in [-0.05, 0) is 45.4 Å². The zero-order valence-electron chi connectivity index (χ0n) is 17.0. The van der Waals surface area contributed by atoms with Gasteiger partial charge in [-0.3, -0.25) is 0 Å². The summed E-state index contributed by atoms with van der Waals surface area (Å²) in [6.45, 7) is 9.25. The molecule has 0 radical (unpaired) electrons. The normalized spacial score (nSPS) is 12.4. The van der Waals surface area contributed by atoms with Gasteiger partial charge in [0.05, 0.1) is 32.0 Å². The van der Waals surface area contributed by atoms with E-state index in [4.69, 9.17) is 9.47 Å². The number of guanidine groups is 1. The minimum atomic E-state index is -0.323. The van der Waals surface area contributed by atoms with Crippen molar-refractivity contribution < 1.29 is 14.3 Å². The molecule has 28 heavy (non-hydrogen) atoms. The number of nitrogens with one attached hydrogen (secondary N) is 2. The fraction of sp³-hybridized carbons (Fsp3) is 0.450. The van der Waals surface area contributed by atoms with Gasteiger partial charge < -0.3 is 20.1 Å². The monoisotopic (exact) mass is 404 g/mol. The molecule has 7 nitrogen and oxygen atoms in total. The first kappa shape index (κ1) is 21.7. The van der Waals surface area contributed by atoms with Crippen LogP contribution < -0.4 is 15.4 Å². The predicted molar refractivity (Wildman–Crippen MR) is 112 cm³/mol. The largest absolute Gasteiger partial charge is 0.497 e. The van der Waals surface area contributed by atoms with Crippen LogP contribution >= 0.6 is 11.3 Å². The Kier molecular flexibility index (Phi) is 8.25. The molecule has 1 heterocycles. The summed E-state index contributed by atoms with van der Waals surface area (Å²) >= 11 is 1.35. The predicted octanol–water partition coefficient (Wildman–Crippen LogP) is 3.45. The number of ether oxygens (including phenoxy) is 2. The van der Waals surface area contributed by atoms with E-state index in [9.17, 15) is 4.79 Å². The van der Waals surface area contributed by atoms with Gasteiger partial charge in [0, 0.05) is 6.54 Å². The van der Waals surface area contributed by atoms with E-state index >= 15 is 0 Å². The summed E-state index contributed by atoms with van der Waals surface area (Å²) in [4.78, 5) is 21.7. The van der Waals surface area contributed by atoms with E-state index in [1.165, 1.54) is 11.3 Å². The van der Waals surface area contributed by atoms with Crippen molar-refractivity contribution in [3.8, 4) is 5.75 Å². The summed E-state index contributed by atoms with van der Waals surface area (Å²) in [5, 5.41) is 7.40. The Morgan fingerprint density at radius 1 is 1.29 bits per heavy atom. The van der Waals surface area contributed by atoms with Crippen molar-refractivity contribution in [3.05, 3.63) is 45.4 Å². The summed E-state index contributed by atoms with van der Waals surface area (Å²) in [5.74, 6) is 1.19. The molecule has 8 heteroatoms. The van der Waals surface area contributed by atoms with Gasteiger partial charge in [-0.2, -0.15) is 0 Å². The van der Waals surface area contributed by atoms with Crippen molar-refractivity contribution in [2.75, 3.05) is 20.3 Å². The lowest BCUT2D eigenvalue weighted by Crippen LogP contribution is -2.38. The van der Waals surface area contributed by atoms with Gasteiger partial charge in [-0.25, -0.2) is 14.8 Å². The van der Waals surface area contributed by atoms with Gasteiger partial charge in [0.2, 0.25) is 0 Å². The number of hydrogen-bond acceptors (Lipinski definition) is 6. The molecule has 0 saturated carbocycles. The average molecular weight is 405 g/mol. The smallest absolute Gasteiger partial charge is 0.350 e. The molecule has 0 fully saturated rings. The molecule has 1 aromatic heterocycles. The number of esters is 1. The van der Waals surface area contributed by atoms with Gasteiger partial charge in [-0.1, -0.05) is 12.1 Å². The number of benzene rings is 1. The molecule has 1 atom stereocenters. The Balaban J connectivity index is 2.07. The maximum absolute atomic E-state index is 12.0. The fourth-order valence-corrected chi connectivity index (χ4v) is 3.44. The number of aromatic nitrogens is 1. The molecule has 0 saturated heterocycles. The number of nitrogens with zero attached hydrogens (tertiary/aromatic N) is 2. The second-order valence-electron chi connectivity index (χ2n) is 6.10. The van der Waals surface area contributed by atoms with Crippen LogP contribution in [0.2, 0.25) is 0 Å². The highest BCUT2D eigenvalue weighted by atomic mass is 32.1. The first-order valence-electron chi connectivity index (χ1n) is 9.30. The Hall–Kier alpha value is -2.61. The first-order valence-corrected chi connectivity index (χ1v) is 10.1. The standard InChI is InChI=1S/C20H28N4O3S/c1-6-21-20(22-12-15-8-10-16(26-5)11-9-15)24-14(4)18-23-13(3)17(28-18)19(25)27-7-2/h8-11,14H,6-7,12H2,1-5H3,(H2,21,22,24). The van der Waals surface area contributed by atoms with Crippen molar-refractivity contribution in [2.24, 2.45) is 4.99 Å². The number of aliphatic imine (C=N–C) groups is 1. The van der Waals surface area contributed by atoms with E-state index in [0.29, 0.717) is 29.7 Å². The molecular weight excluding hydrogens is 376 g/mol. The van der Waals surface area contributed by atoms with Crippen LogP contribution in [0.4, 0.5) is 0 Å². The van der Waals surface area contributed by atoms with Crippen molar-refractivity contribution in [1.82, 2.24) is 15.6 Å². The van der Waals surface area contributed by atoms with E-state index in [-0.39, 0.29) is 12.0 Å². The van der Waals surface area contributed by atoms with Crippen LogP contribution in [0.25, 0.3) is 0 Å². The van der Waals surface area contributed by atoms with E-state index in [2.05, 4.69) is 20.6 Å². The van der Waals surface area contributed by atoms with E-state index in [1.807, 2.05) is 45.0 Å². The lowest BCUT2D eigenvalue weighted by molar-refractivity contribution is 0.0531. The molecule has 0 spiro atoms. The quantitative estimate of drug-likeness (QED) is 0.398. The molecule has 0 aliphatic heterocycles. The third kappa shape index (κ3) is 5.95. The maximum atomic E-state index is 12.0. The number of aryl methyl sites for hydroxylation is 1. The second-order valence-corrected chi connectivity index (χ2v) is 7.13. The molecule has 2 rings (SSSR count). The number of rotatable bonds is 8. The summed E-state index contributed by atoms with van der Waals surface area (Å²) in [6, 6.07) is 7.73. The van der Waals surface area contributed by atoms with Gasteiger partial charge in [0.25, 0.3) is 0 Å².